The molecule has 1 fully saturated rings. The fourth-order valence-electron chi connectivity index (χ4n) is 5.53. The topological polar surface area (TPSA) is 52.6 Å². The second kappa shape index (κ2) is 13.6. The summed E-state index contributed by atoms with van der Waals surface area (Å²) in [6.07, 6.45) is 9.85. The SMILES string of the molecule is CCCC(C)CC(C)(C)COC(=O)C1CCC(C(=O)OCC(C)(C)CC(C)CCC)CC1. The largest absolute Gasteiger partial charge is 0.465 e. The molecule has 0 aromatic rings. The highest BCUT2D eigenvalue weighted by Gasteiger charge is 2.33. The monoisotopic (exact) mass is 452 g/mol. The molecule has 0 bridgehead atoms. The fraction of sp³-hybridized carbons (Fsp3) is 0.929. The average molecular weight is 453 g/mol. The number of hydrogen-bond acceptors (Lipinski definition) is 4. The molecule has 2 unspecified atom stereocenters. The second-order valence-electron chi connectivity index (χ2n) is 12.3. The molecular formula is C28H52O4. The summed E-state index contributed by atoms with van der Waals surface area (Å²) < 4.78 is 11.4. The van der Waals surface area contributed by atoms with Crippen molar-refractivity contribution >= 4 is 11.9 Å². The molecule has 1 aliphatic rings. The third kappa shape index (κ3) is 11.2. The number of hydrogen-bond donors (Lipinski definition) is 0. The average Bonchev–Trinajstić information content (AvgIpc) is 2.70. The molecule has 1 aliphatic carbocycles. The first-order chi connectivity index (χ1) is 14.9. The molecule has 0 aromatic heterocycles. The lowest BCUT2D eigenvalue weighted by Gasteiger charge is -2.31. The molecule has 0 amide bonds. The van der Waals surface area contributed by atoms with Gasteiger partial charge in [-0.25, -0.2) is 0 Å². The van der Waals surface area contributed by atoms with Crippen molar-refractivity contribution in [2.24, 2.45) is 34.5 Å². The van der Waals surface area contributed by atoms with Crippen LogP contribution in [-0.4, -0.2) is 25.2 Å². The first-order valence-electron chi connectivity index (χ1n) is 13.2. The van der Waals surface area contributed by atoms with Gasteiger partial charge in [0.1, 0.15) is 0 Å². The molecule has 0 spiro atoms. The highest BCUT2D eigenvalue weighted by Crippen LogP contribution is 2.34. The van der Waals surface area contributed by atoms with Crippen molar-refractivity contribution in [3.8, 4) is 0 Å². The molecule has 2 atom stereocenters. The van der Waals surface area contributed by atoms with Gasteiger partial charge in [-0.1, -0.05) is 81.1 Å². The maximum absolute atomic E-state index is 12.6. The lowest BCUT2D eigenvalue weighted by atomic mass is 9.81. The summed E-state index contributed by atoms with van der Waals surface area (Å²) in [6.45, 7) is 18.7. The Morgan fingerprint density at radius 2 is 1.03 bits per heavy atom. The molecule has 0 heterocycles. The quantitative estimate of drug-likeness (QED) is 0.255. The molecule has 188 valence electrons. The molecule has 0 N–H and O–H groups in total. The van der Waals surface area contributed by atoms with Crippen LogP contribution in [0, 0.1) is 34.5 Å². The van der Waals surface area contributed by atoms with Crippen LogP contribution in [0.3, 0.4) is 0 Å². The van der Waals surface area contributed by atoms with E-state index < -0.39 is 0 Å². The van der Waals surface area contributed by atoms with Gasteiger partial charge in [-0.05, 0) is 61.2 Å². The lowest BCUT2D eigenvalue weighted by Crippen LogP contribution is -2.32. The van der Waals surface area contributed by atoms with Gasteiger partial charge < -0.3 is 9.47 Å². The molecule has 4 nitrogen and oxygen atoms in total. The Morgan fingerprint density at radius 3 is 1.31 bits per heavy atom. The van der Waals surface area contributed by atoms with Crippen LogP contribution in [0.15, 0.2) is 0 Å². The summed E-state index contributed by atoms with van der Waals surface area (Å²) in [5.41, 5.74) is 0.0133. The molecular weight excluding hydrogens is 400 g/mol. The fourth-order valence-corrected chi connectivity index (χ4v) is 5.53. The second-order valence-corrected chi connectivity index (χ2v) is 12.3. The zero-order valence-corrected chi connectivity index (χ0v) is 22.4. The molecule has 4 heteroatoms. The number of rotatable bonds is 14. The van der Waals surface area contributed by atoms with E-state index in [9.17, 15) is 9.59 Å². The van der Waals surface area contributed by atoms with Gasteiger partial charge in [0.05, 0.1) is 25.0 Å². The molecule has 0 saturated heterocycles. The third-order valence-electron chi connectivity index (χ3n) is 6.97. The summed E-state index contributed by atoms with van der Waals surface area (Å²) >= 11 is 0. The summed E-state index contributed by atoms with van der Waals surface area (Å²) in [5.74, 6) is 0.978. The Hall–Kier alpha value is -1.06. The third-order valence-corrected chi connectivity index (χ3v) is 6.97. The van der Waals surface area contributed by atoms with E-state index >= 15 is 0 Å². The smallest absolute Gasteiger partial charge is 0.308 e. The molecule has 1 saturated carbocycles. The first kappa shape index (κ1) is 29.0. The number of esters is 2. The molecule has 1 rings (SSSR count). The van der Waals surface area contributed by atoms with Gasteiger partial charge in [0.2, 0.25) is 0 Å². The van der Waals surface area contributed by atoms with E-state index in [0.29, 0.717) is 25.0 Å². The van der Waals surface area contributed by atoms with Crippen LogP contribution in [0.2, 0.25) is 0 Å². The van der Waals surface area contributed by atoms with E-state index in [0.717, 1.165) is 38.5 Å². The zero-order chi connectivity index (χ0) is 24.4. The van der Waals surface area contributed by atoms with Crippen LogP contribution in [0.4, 0.5) is 0 Å². The van der Waals surface area contributed by atoms with E-state index in [1.807, 2.05) is 0 Å². The Kier molecular flexibility index (Phi) is 12.3. The minimum Gasteiger partial charge on any atom is -0.465 e. The Morgan fingerprint density at radius 1 is 0.719 bits per heavy atom. The number of carbonyl (C=O) groups excluding carboxylic acids is 2. The standard InChI is InChI=1S/C28H52O4/c1-9-11-21(3)17-27(5,6)19-31-25(29)23-13-15-24(16-14-23)26(30)32-20-28(7,8)18-22(4)12-10-2/h21-24H,9-20H2,1-8H3. The van der Waals surface area contributed by atoms with Gasteiger partial charge in [0.25, 0.3) is 0 Å². The van der Waals surface area contributed by atoms with Crippen LogP contribution in [0.1, 0.15) is 120 Å². The van der Waals surface area contributed by atoms with E-state index in [1.165, 1.54) is 25.7 Å². The van der Waals surface area contributed by atoms with Crippen LogP contribution in [0.25, 0.3) is 0 Å². The van der Waals surface area contributed by atoms with Crippen molar-refractivity contribution < 1.29 is 19.1 Å². The van der Waals surface area contributed by atoms with Gasteiger partial charge in [0, 0.05) is 0 Å². The van der Waals surface area contributed by atoms with E-state index in [2.05, 4.69) is 55.4 Å². The van der Waals surface area contributed by atoms with Crippen LogP contribution in [0.5, 0.6) is 0 Å². The van der Waals surface area contributed by atoms with Crippen molar-refractivity contribution in [2.75, 3.05) is 13.2 Å². The van der Waals surface area contributed by atoms with Crippen LogP contribution < -0.4 is 0 Å². The maximum Gasteiger partial charge on any atom is 0.308 e. The van der Waals surface area contributed by atoms with Crippen molar-refractivity contribution in [3.63, 3.8) is 0 Å². The molecule has 0 radical (unpaired) electrons. The highest BCUT2D eigenvalue weighted by atomic mass is 16.5. The predicted octanol–water partition coefficient (Wildman–Crippen LogP) is 7.58. The zero-order valence-electron chi connectivity index (χ0n) is 22.4. The summed E-state index contributed by atoms with van der Waals surface area (Å²) in [5, 5.41) is 0. The van der Waals surface area contributed by atoms with Crippen LogP contribution in [-0.2, 0) is 19.1 Å². The molecule has 0 aliphatic heterocycles. The van der Waals surface area contributed by atoms with Gasteiger partial charge in [-0.2, -0.15) is 0 Å². The summed E-state index contributed by atoms with van der Waals surface area (Å²) in [4.78, 5) is 25.2. The highest BCUT2D eigenvalue weighted by molar-refractivity contribution is 5.75. The van der Waals surface area contributed by atoms with Gasteiger partial charge >= 0.3 is 11.9 Å². The number of carbonyl (C=O) groups is 2. The van der Waals surface area contributed by atoms with E-state index in [-0.39, 0.29) is 34.6 Å². The minimum atomic E-state index is -0.0842. The Labute approximate surface area is 198 Å². The Bertz CT molecular complexity index is 508. The molecule has 32 heavy (non-hydrogen) atoms. The molecule has 0 aromatic carbocycles. The van der Waals surface area contributed by atoms with Crippen molar-refractivity contribution in [3.05, 3.63) is 0 Å². The summed E-state index contributed by atoms with van der Waals surface area (Å²) in [6, 6.07) is 0. The summed E-state index contributed by atoms with van der Waals surface area (Å²) in [7, 11) is 0. The van der Waals surface area contributed by atoms with E-state index in [4.69, 9.17) is 9.47 Å². The lowest BCUT2D eigenvalue weighted by molar-refractivity contribution is -0.158. The predicted molar refractivity (Wildman–Crippen MR) is 132 cm³/mol. The van der Waals surface area contributed by atoms with Gasteiger partial charge in [-0.15, -0.1) is 0 Å². The van der Waals surface area contributed by atoms with Crippen molar-refractivity contribution in [1.29, 1.82) is 0 Å². The van der Waals surface area contributed by atoms with Gasteiger partial charge in [0.15, 0.2) is 0 Å². The van der Waals surface area contributed by atoms with Crippen molar-refractivity contribution in [2.45, 2.75) is 120 Å². The van der Waals surface area contributed by atoms with Crippen molar-refractivity contribution in [1.82, 2.24) is 0 Å². The minimum absolute atomic E-state index is 0.00663. The number of ether oxygens (including phenoxy) is 2. The normalized spacial score (nSPS) is 21.6. The maximum atomic E-state index is 12.6. The first-order valence-corrected chi connectivity index (χ1v) is 13.2. The Balaban J connectivity index is 2.37. The van der Waals surface area contributed by atoms with Gasteiger partial charge in [-0.3, -0.25) is 9.59 Å². The van der Waals surface area contributed by atoms with E-state index in [1.54, 1.807) is 0 Å². The van der Waals surface area contributed by atoms with Crippen LogP contribution >= 0.6 is 0 Å².